The lowest BCUT2D eigenvalue weighted by atomic mass is 10.1. The molecule has 0 saturated carbocycles. The Morgan fingerprint density at radius 1 is 1.50 bits per heavy atom. The molecule has 4 heteroatoms. The smallest absolute Gasteiger partial charge is 0.410 e. The summed E-state index contributed by atoms with van der Waals surface area (Å²) in [5.41, 5.74) is 0.0822. The number of amides is 1. The van der Waals surface area contributed by atoms with E-state index in [1.54, 1.807) is 26.0 Å². The molecule has 0 atom stereocenters. The van der Waals surface area contributed by atoms with Gasteiger partial charge in [0.25, 0.3) is 0 Å². The van der Waals surface area contributed by atoms with Gasteiger partial charge in [-0.1, -0.05) is 12.1 Å². The Kier molecular flexibility index (Phi) is 3.90. The first-order chi connectivity index (χ1) is 7.37. The van der Waals surface area contributed by atoms with Gasteiger partial charge < -0.3 is 15.2 Å². The van der Waals surface area contributed by atoms with E-state index in [0.29, 0.717) is 5.75 Å². The number of rotatable bonds is 3. The highest BCUT2D eigenvalue weighted by molar-refractivity contribution is 5.70. The highest BCUT2D eigenvalue weighted by Crippen LogP contribution is 2.12. The summed E-state index contributed by atoms with van der Waals surface area (Å²) in [5.74, 6) is 0.494. The zero-order chi connectivity index (χ0) is 12.2. The molecule has 1 aromatic rings. The topological polar surface area (TPSA) is 58.6 Å². The molecule has 4 nitrogen and oxygen atoms in total. The van der Waals surface area contributed by atoms with Crippen molar-refractivity contribution in [2.75, 3.05) is 6.54 Å². The standard InChI is InChI=1S/C12H17NO3/c1-9-5-4-6-10(7-9)16-11(14)13-8-12(2,3)15/h4-7,15H,8H2,1-3H3,(H,13,14). The van der Waals surface area contributed by atoms with Gasteiger partial charge in [-0.15, -0.1) is 0 Å². The van der Waals surface area contributed by atoms with E-state index < -0.39 is 11.7 Å². The predicted octanol–water partition coefficient (Wildman–Crippen LogP) is 1.85. The lowest BCUT2D eigenvalue weighted by molar-refractivity contribution is 0.0791. The second-order valence-electron chi connectivity index (χ2n) is 4.37. The van der Waals surface area contributed by atoms with Gasteiger partial charge in [0.2, 0.25) is 0 Å². The van der Waals surface area contributed by atoms with Gasteiger partial charge in [0.15, 0.2) is 0 Å². The minimum absolute atomic E-state index is 0.150. The van der Waals surface area contributed by atoms with Crippen molar-refractivity contribution in [1.82, 2.24) is 5.32 Å². The fourth-order valence-corrected chi connectivity index (χ4v) is 1.11. The van der Waals surface area contributed by atoms with Crippen LogP contribution in [0, 0.1) is 6.92 Å². The second-order valence-corrected chi connectivity index (χ2v) is 4.37. The summed E-state index contributed by atoms with van der Waals surface area (Å²) < 4.78 is 5.03. The van der Waals surface area contributed by atoms with Crippen molar-refractivity contribution in [2.45, 2.75) is 26.4 Å². The van der Waals surface area contributed by atoms with Gasteiger partial charge in [0.1, 0.15) is 5.75 Å². The third kappa shape index (κ3) is 4.79. The van der Waals surface area contributed by atoms with Crippen molar-refractivity contribution < 1.29 is 14.6 Å². The van der Waals surface area contributed by atoms with Gasteiger partial charge in [-0.05, 0) is 38.5 Å². The molecule has 2 N–H and O–H groups in total. The summed E-state index contributed by atoms with van der Waals surface area (Å²) in [6.45, 7) is 5.29. The molecule has 1 aromatic carbocycles. The Labute approximate surface area is 95.2 Å². The van der Waals surface area contributed by atoms with Crippen LogP contribution in [0.3, 0.4) is 0 Å². The molecular formula is C12H17NO3. The highest BCUT2D eigenvalue weighted by Gasteiger charge is 2.14. The Hall–Kier alpha value is -1.55. The van der Waals surface area contributed by atoms with Crippen LogP contribution in [-0.4, -0.2) is 23.3 Å². The van der Waals surface area contributed by atoms with Crippen LogP contribution in [0.25, 0.3) is 0 Å². The van der Waals surface area contributed by atoms with Crippen molar-refractivity contribution in [3.8, 4) is 5.75 Å². The monoisotopic (exact) mass is 223 g/mol. The zero-order valence-corrected chi connectivity index (χ0v) is 9.78. The van der Waals surface area contributed by atoms with E-state index in [-0.39, 0.29) is 6.54 Å². The molecule has 0 aliphatic carbocycles. The lowest BCUT2D eigenvalue weighted by Gasteiger charge is -2.17. The largest absolute Gasteiger partial charge is 0.412 e. The third-order valence-electron chi connectivity index (χ3n) is 1.87. The summed E-state index contributed by atoms with van der Waals surface area (Å²) in [4.78, 5) is 11.3. The first-order valence-corrected chi connectivity index (χ1v) is 5.11. The Balaban J connectivity index is 2.46. The second kappa shape index (κ2) is 4.99. The quantitative estimate of drug-likeness (QED) is 0.822. The molecule has 0 heterocycles. The Morgan fingerprint density at radius 2 is 2.19 bits per heavy atom. The van der Waals surface area contributed by atoms with Crippen LogP contribution < -0.4 is 10.1 Å². The molecule has 0 aliphatic heterocycles. The van der Waals surface area contributed by atoms with Crippen LogP contribution in [0.2, 0.25) is 0 Å². The average molecular weight is 223 g/mol. The number of hydrogen-bond acceptors (Lipinski definition) is 3. The van der Waals surface area contributed by atoms with Gasteiger partial charge in [-0.2, -0.15) is 0 Å². The van der Waals surface area contributed by atoms with E-state index in [1.165, 1.54) is 0 Å². The van der Waals surface area contributed by atoms with Gasteiger partial charge in [-0.3, -0.25) is 0 Å². The molecule has 88 valence electrons. The Morgan fingerprint density at radius 3 is 2.75 bits per heavy atom. The van der Waals surface area contributed by atoms with E-state index in [9.17, 15) is 9.90 Å². The minimum atomic E-state index is -0.939. The van der Waals surface area contributed by atoms with Gasteiger partial charge >= 0.3 is 6.09 Å². The van der Waals surface area contributed by atoms with Crippen LogP contribution in [-0.2, 0) is 0 Å². The first-order valence-electron chi connectivity index (χ1n) is 5.11. The van der Waals surface area contributed by atoms with Crippen LogP contribution >= 0.6 is 0 Å². The molecule has 0 aromatic heterocycles. The molecule has 0 spiro atoms. The number of aliphatic hydroxyl groups is 1. The zero-order valence-electron chi connectivity index (χ0n) is 9.78. The summed E-state index contributed by atoms with van der Waals surface area (Å²) in [6, 6.07) is 7.20. The van der Waals surface area contributed by atoms with Crippen molar-refractivity contribution in [3.63, 3.8) is 0 Å². The SMILES string of the molecule is Cc1cccc(OC(=O)NCC(C)(C)O)c1. The van der Waals surface area contributed by atoms with Crippen LogP contribution in [0.15, 0.2) is 24.3 Å². The van der Waals surface area contributed by atoms with Crippen molar-refractivity contribution in [2.24, 2.45) is 0 Å². The normalized spacial score (nSPS) is 11.0. The number of ether oxygens (including phenoxy) is 1. The maximum atomic E-state index is 11.3. The molecule has 16 heavy (non-hydrogen) atoms. The number of carbonyl (C=O) groups is 1. The maximum absolute atomic E-state index is 11.3. The van der Waals surface area contributed by atoms with Crippen LogP contribution in [0.4, 0.5) is 4.79 Å². The summed E-state index contributed by atoms with van der Waals surface area (Å²) in [7, 11) is 0. The highest BCUT2D eigenvalue weighted by atomic mass is 16.6. The predicted molar refractivity (Wildman–Crippen MR) is 61.5 cm³/mol. The fraction of sp³-hybridized carbons (Fsp3) is 0.417. The summed E-state index contributed by atoms with van der Waals surface area (Å²) in [6.07, 6.45) is -0.562. The van der Waals surface area contributed by atoms with E-state index in [0.717, 1.165) is 5.56 Å². The van der Waals surface area contributed by atoms with E-state index in [4.69, 9.17) is 4.74 Å². The van der Waals surface area contributed by atoms with Crippen molar-refractivity contribution in [3.05, 3.63) is 29.8 Å². The average Bonchev–Trinajstić information content (AvgIpc) is 2.14. The van der Waals surface area contributed by atoms with Crippen molar-refractivity contribution >= 4 is 6.09 Å². The fourth-order valence-electron chi connectivity index (χ4n) is 1.11. The molecule has 1 amide bonds. The molecule has 0 unspecified atom stereocenters. The molecule has 0 radical (unpaired) electrons. The minimum Gasteiger partial charge on any atom is -0.410 e. The van der Waals surface area contributed by atoms with Crippen LogP contribution in [0.5, 0.6) is 5.75 Å². The molecule has 0 fully saturated rings. The molecule has 0 aliphatic rings. The summed E-state index contributed by atoms with van der Waals surface area (Å²) in [5, 5.41) is 11.9. The lowest BCUT2D eigenvalue weighted by Crippen LogP contribution is -2.39. The van der Waals surface area contributed by atoms with E-state index >= 15 is 0 Å². The van der Waals surface area contributed by atoms with Crippen molar-refractivity contribution in [1.29, 1.82) is 0 Å². The molecule has 0 bridgehead atoms. The maximum Gasteiger partial charge on any atom is 0.412 e. The Bertz CT molecular complexity index is 369. The first kappa shape index (κ1) is 12.5. The number of benzene rings is 1. The summed E-state index contributed by atoms with van der Waals surface area (Å²) >= 11 is 0. The van der Waals surface area contributed by atoms with Gasteiger partial charge in [0.05, 0.1) is 5.60 Å². The van der Waals surface area contributed by atoms with E-state index in [2.05, 4.69) is 5.32 Å². The molecular weight excluding hydrogens is 206 g/mol. The van der Waals surface area contributed by atoms with Gasteiger partial charge in [-0.25, -0.2) is 4.79 Å². The number of hydrogen-bond donors (Lipinski definition) is 2. The number of carbonyl (C=O) groups excluding carboxylic acids is 1. The van der Waals surface area contributed by atoms with Gasteiger partial charge in [0, 0.05) is 6.54 Å². The molecule has 0 saturated heterocycles. The van der Waals surface area contributed by atoms with E-state index in [1.807, 2.05) is 19.1 Å². The molecule has 1 rings (SSSR count). The van der Waals surface area contributed by atoms with Crippen LogP contribution in [0.1, 0.15) is 19.4 Å². The number of nitrogens with one attached hydrogen (secondary N) is 1. The third-order valence-corrected chi connectivity index (χ3v) is 1.87. The number of aryl methyl sites for hydroxylation is 1.